The molecular formula is C21H24B2ClFO3. The highest BCUT2D eigenvalue weighted by Crippen LogP contribution is 2.38. The predicted octanol–water partition coefficient (Wildman–Crippen LogP) is 1.62. The fourth-order valence-electron chi connectivity index (χ4n) is 4.51. The van der Waals surface area contributed by atoms with Crippen molar-refractivity contribution >= 4 is 27.3 Å². The maximum Gasteiger partial charge on any atom is 0.130 e. The van der Waals surface area contributed by atoms with Crippen molar-refractivity contribution in [2.24, 2.45) is 0 Å². The molecule has 2 N–H and O–H groups in total. The number of ether oxygens (including phenoxy) is 1. The molecule has 1 heterocycles. The van der Waals surface area contributed by atoms with E-state index in [4.69, 9.17) is 16.3 Å². The van der Waals surface area contributed by atoms with Crippen LogP contribution in [0.25, 0.3) is 0 Å². The van der Waals surface area contributed by atoms with Crippen molar-refractivity contribution < 1.29 is 19.3 Å². The summed E-state index contributed by atoms with van der Waals surface area (Å²) in [7, 11) is 4.48. The molecule has 7 heteroatoms. The molecule has 1 aliphatic carbocycles. The van der Waals surface area contributed by atoms with E-state index in [2.05, 4.69) is 33.9 Å². The van der Waals surface area contributed by atoms with Crippen LogP contribution in [0.5, 0.6) is 0 Å². The molecule has 2 aromatic carbocycles. The summed E-state index contributed by atoms with van der Waals surface area (Å²) in [5.74, 6) is -0.442. The van der Waals surface area contributed by atoms with Gasteiger partial charge in [-0.3, -0.25) is 0 Å². The van der Waals surface area contributed by atoms with Crippen LogP contribution >= 0.6 is 11.6 Å². The van der Waals surface area contributed by atoms with Crippen molar-refractivity contribution in [1.82, 2.24) is 0 Å². The van der Waals surface area contributed by atoms with Crippen molar-refractivity contribution in [2.45, 2.75) is 49.2 Å². The molecule has 28 heavy (non-hydrogen) atoms. The Kier molecular flexibility index (Phi) is 5.34. The first-order valence-electron chi connectivity index (χ1n) is 9.81. The average molecular weight is 400 g/mol. The number of halogens is 2. The second-order valence-electron chi connectivity index (χ2n) is 8.75. The highest BCUT2D eigenvalue weighted by molar-refractivity contribution is 6.41. The standard InChI is InChI=1S/C21H24B2ClFO3/c22-21(23)9-12-2-1-11(4-17(12)21)3-13-5-16(19(25)8-18(13)24)20-7-14(27)6-15(10-26)28-20/h1-2,4-5,8,14-15,20,26-27H,3,6-7,9-10,22-23H2. The summed E-state index contributed by atoms with van der Waals surface area (Å²) in [6.07, 6.45) is 0.674. The van der Waals surface area contributed by atoms with Crippen LogP contribution in [0.15, 0.2) is 30.3 Å². The summed E-state index contributed by atoms with van der Waals surface area (Å²) in [5, 5.41) is 20.0. The van der Waals surface area contributed by atoms with Gasteiger partial charge in [-0.2, -0.15) is 0 Å². The third kappa shape index (κ3) is 3.76. The third-order valence-electron chi connectivity index (χ3n) is 6.02. The van der Waals surface area contributed by atoms with Gasteiger partial charge in [-0.15, -0.1) is 0 Å². The number of fused-ring (bicyclic) bond motifs is 1. The normalized spacial score (nSPS) is 25.8. The monoisotopic (exact) mass is 400 g/mol. The van der Waals surface area contributed by atoms with Gasteiger partial charge in [0.1, 0.15) is 21.5 Å². The molecule has 3 nitrogen and oxygen atoms in total. The Labute approximate surface area is 171 Å². The molecule has 1 saturated heterocycles. The van der Waals surface area contributed by atoms with Gasteiger partial charge in [0.25, 0.3) is 0 Å². The average Bonchev–Trinajstić information content (AvgIpc) is 2.63. The number of hydrogen-bond donors (Lipinski definition) is 2. The molecule has 0 amide bonds. The second-order valence-corrected chi connectivity index (χ2v) is 9.16. The minimum absolute atomic E-state index is 0.194. The highest BCUT2D eigenvalue weighted by atomic mass is 35.5. The van der Waals surface area contributed by atoms with Gasteiger partial charge in [0.2, 0.25) is 0 Å². The minimum atomic E-state index is -0.621. The molecular weight excluding hydrogens is 376 g/mol. The molecule has 0 saturated carbocycles. The van der Waals surface area contributed by atoms with E-state index in [1.807, 2.05) is 0 Å². The number of aliphatic hydroxyl groups excluding tert-OH is 2. The Morgan fingerprint density at radius 1 is 1.21 bits per heavy atom. The molecule has 0 radical (unpaired) electrons. The quantitative estimate of drug-likeness (QED) is 0.767. The molecule has 1 aliphatic heterocycles. The molecule has 4 rings (SSSR count). The van der Waals surface area contributed by atoms with Crippen molar-refractivity contribution in [3.63, 3.8) is 0 Å². The van der Waals surface area contributed by atoms with Crippen LogP contribution < -0.4 is 0 Å². The van der Waals surface area contributed by atoms with E-state index in [9.17, 15) is 14.6 Å². The summed E-state index contributed by atoms with van der Waals surface area (Å²) in [6, 6.07) is 9.58. The van der Waals surface area contributed by atoms with Crippen LogP contribution in [-0.2, 0) is 22.8 Å². The Hall–Kier alpha value is -1.33. The third-order valence-corrected chi connectivity index (χ3v) is 6.38. The molecule has 146 valence electrons. The lowest BCUT2D eigenvalue weighted by molar-refractivity contribution is -0.114. The lowest BCUT2D eigenvalue weighted by Crippen LogP contribution is -2.39. The van der Waals surface area contributed by atoms with Crippen molar-refractivity contribution in [3.05, 3.63) is 69.0 Å². The van der Waals surface area contributed by atoms with Gasteiger partial charge in [0.15, 0.2) is 0 Å². The van der Waals surface area contributed by atoms with E-state index in [0.29, 0.717) is 29.8 Å². The van der Waals surface area contributed by atoms with Gasteiger partial charge >= 0.3 is 0 Å². The smallest absolute Gasteiger partial charge is 0.130 e. The molecule has 0 spiro atoms. The zero-order valence-corrected chi connectivity index (χ0v) is 17.0. The van der Waals surface area contributed by atoms with Gasteiger partial charge in [-0.1, -0.05) is 40.6 Å². The van der Waals surface area contributed by atoms with Crippen LogP contribution in [0.3, 0.4) is 0 Å². The summed E-state index contributed by atoms with van der Waals surface area (Å²) in [6.45, 7) is -0.194. The molecule has 0 bridgehead atoms. The second kappa shape index (κ2) is 7.49. The van der Waals surface area contributed by atoms with Gasteiger partial charge in [-0.25, -0.2) is 4.39 Å². The summed E-state index contributed by atoms with van der Waals surface area (Å²) >= 11 is 6.35. The van der Waals surface area contributed by atoms with Gasteiger partial charge in [-0.05, 0) is 41.7 Å². The van der Waals surface area contributed by atoms with Crippen molar-refractivity contribution in [1.29, 1.82) is 0 Å². The number of benzene rings is 2. The first kappa shape index (κ1) is 20.0. The van der Waals surface area contributed by atoms with E-state index in [1.54, 1.807) is 6.07 Å². The van der Waals surface area contributed by atoms with Crippen LogP contribution in [0.2, 0.25) is 5.02 Å². The molecule has 2 aromatic rings. The molecule has 2 aliphatic rings. The summed E-state index contributed by atoms with van der Waals surface area (Å²) in [4.78, 5) is 0. The molecule has 0 aromatic heterocycles. The van der Waals surface area contributed by atoms with E-state index in [1.165, 1.54) is 17.2 Å². The fraction of sp³-hybridized carbons (Fsp3) is 0.429. The largest absolute Gasteiger partial charge is 0.394 e. The summed E-state index contributed by atoms with van der Waals surface area (Å²) in [5.41, 5.74) is 5.12. The maximum absolute atomic E-state index is 14.6. The zero-order chi connectivity index (χ0) is 20.1. The lowest BCUT2D eigenvalue weighted by Gasteiger charge is -2.39. The highest BCUT2D eigenvalue weighted by Gasteiger charge is 2.34. The van der Waals surface area contributed by atoms with Gasteiger partial charge in [0.05, 0.1) is 24.9 Å². The van der Waals surface area contributed by atoms with Crippen LogP contribution in [-0.4, -0.2) is 44.7 Å². The zero-order valence-electron chi connectivity index (χ0n) is 16.2. The van der Waals surface area contributed by atoms with Gasteiger partial charge in [0, 0.05) is 23.4 Å². The maximum atomic E-state index is 14.6. The van der Waals surface area contributed by atoms with E-state index < -0.39 is 24.1 Å². The number of aliphatic hydroxyl groups is 2. The minimum Gasteiger partial charge on any atom is -0.394 e. The van der Waals surface area contributed by atoms with Crippen LogP contribution in [0.4, 0.5) is 4.39 Å². The Morgan fingerprint density at radius 2 is 2.00 bits per heavy atom. The predicted molar refractivity (Wildman–Crippen MR) is 113 cm³/mol. The van der Waals surface area contributed by atoms with Crippen LogP contribution in [0, 0.1) is 5.82 Å². The summed E-state index contributed by atoms with van der Waals surface area (Å²) < 4.78 is 20.4. The Morgan fingerprint density at radius 3 is 2.71 bits per heavy atom. The van der Waals surface area contributed by atoms with E-state index in [0.717, 1.165) is 17.5 Å². The fourth-order valence-corrected chi connectivity index (χ4v) is 4.72. The van der Waals surface area contributed by atoms with Crippen molar-refractivity contribution in [3.8, 4) is 0 Å². The molecule has 3 atom stereocenters. The van der Waals surface area contributed by atoms with E-state index >= 15 is 0 Å². The van der Waals surface area contributed by atoms with Crippen molar-refractivity contribution in [2.75, 3.05) is 6.61 Å². The lowest BCUT2D eigenvalue weighted by atomic mass is 9.42. The first-order valence-corrected chi connectivity index (χ1v) is 10.2. The van der Waals surface area contributed by atoms with E-state index in [-0.39, 0.29) is 11.8 Å². The molecule has 1 fully saturated rings. The van der Waals surface area contributed by atoms with Crippen LogP contribution in [0.1, 0.15) is 46.8 Å². The first-order chi connectivity index (χ1) is 13.3. The number of hydrogen-bond acceptors (Lipinski definition) is 3. The SMILES string of the molecule is BC1(B)Cc2ccc(Cc3cc(C4CC(O)CC(CO)O4)c(F)cc3Cl)cc21. The number of rotatable bonds is 4. The topological polar surface area (TPSA) is 49.7 Å². The Balaban J connectivity index is 1.62. The van der Waals surface area contributed by atoms with Gasteiger partial charge < -0.3 is 14.9 Å². The molecule has 3 unspecified atom stereocenters. The Bertz CT molecular complexity index is 905.